The fourth-order valence-electron chi connectivity index (χ4n) is 2.84. The maximum Gasteiger partial charge on any atom is 0.229 e. The maximum atomic E-state index is 5.43. The molecule has 5 nitrogen and oxygen atoms in total. The Morgan fingerprint density at radius 3 is 2.00 bits per heavy atom. The Labute approximate surface area is 148 Å². The van der Waals surface area contributed by atoms with Gasteiger partial charge in [0, 0.05) is 21.0 Å². The number of ether oxygens (including phenoxy) is 1. The zero-order chi connectivity index (χ0) is 16.9. The maximum absolute atomic E-state index is 5.43. The molecule has 3 aromatic rings. The minimum atomic E-state index is -0.803. The summed E-state index contributed by atoms with van der Waals surface area (Å²) in [6.07, 6.45) is 1.63. The predicted octanol–water partition coefficient (Wildman–Crippen LogP) is 1.47. The second kappa shape index (κ2) is 7.68. The molecule has 0 N–H and O–H groups in total. The van der Waals surface area contributed by atoms with Crippen molar-refractivity contribution >= 4 is 30.0 Å². The summed E-state index contributed by atoms with van der Waals surface area (Å²) in [7, 11) is -0.803. The van der Waals surface area contributed by atoms with Crippen LogP contribution in [0.25, 0.3) is 0 Å². The van der Waals surface area contributed by atoms with E-state index < -0.39 is 7.92 Å². The smallest absolute Gasteiger partial charge is 0.229 e. The van der Waals surface area contributed by atoms with Gasteiger partial charge >= 0.3 is 0 Å². The van der Waals surface area contributed by atoms with Crippen LogP contribution in [0.1, 0.15) is 0 Å². The molecule has 0 atom stereocenters. The average molecular weight is 350 g/mol. The van der Waals surface area contributed by atoms with Gasteiger partial charge in [0.15, 0.2) is 5.57 Å². The number of benzene rings is 2. The summed E-state index contributed by atoms with van der Waals surface area (Å²) in [6, 6.07) is 20.9. The Morgan fingerprint density at radius 2 is 1.40 bits per heavy atom. The molecule has 6 heteroatoms. The van der Waals surface area contributed by atoms with Crippen LogP contribution in [0.15, 0.2) is 67.0 Å². The first kappa shape index (κ1) is 16.1. The van der Waals surface area contributed by atoms with E-state index in [0.717, 1.165) is 24.6 Å². The van der Waals surface area contributed by atoms with Crippen LogP contribution >= 0.6 is 7.92 Å². The van der Waals surface area contributed by atoms with E-state index in [4.69, 9.17) is 9.72 Å². The van der Waals surface area contributed by atoms with Crippen molar-refractivity contribution in [3.63, 3.8) is 0 Å². The van der Waals surface area contributed by atoms with Crippen molar-refractivity contribution in [1.82, 2.24) is 15.0 Å². The number of hydrogen-bond donors (Lipinski definition) is 0. The lowest BCUT2D eigenvalue weighted by atomic mass is 10.4. The second-order valence-corrected chi connectivity index (χ2v) is 7.80. The van der Waals surface area contributed by atoms with Crippen molar-refractivity contribution in [1.29, 1.82) is 0 Å². The number of rotatable bonds is 4. The van der Waals surface area contributed by atoms with Crippen molar-refractivity contribution < 1.29 is 4.74 Å². The van der Waals surface area contributed by atoms with Crippen molar-refractivity contribution in [2.75, 3.05) is 31.2 Å². The lowest BCUT2D eigenvalue weighted by Crippen LogP contribution is -2.38. The Hall–Kier alpha value is -2.36. The largest absolute Gasteiger partial charge is 0.378 e. The van der Waals surface area contributed by atoms with Gasteiger partial charge < -0.3 is 9.64 Å². The molecule has 25 heavy (non-hydrogen) atoms. The molecule has 4 rings (SSSR count). The molecule has 0 aliphatic carbocycles. The molecular formula is C19H19N4OP. The lowest BCUT2D eigenvalue weighted by molar-refractivity contribution is 0.122. The van der Waals surface area contributed by atoms with Gasteiger partial charge in [0.2, 0.25) is 5.95 Å². The molecule has 0 spiro atoms. The van der Waals surface area contributed by atoms with Crippen LogP contribution in [0.3, 0.4) is 0 Å². The quantitative estimate of drug-likeness (QED) is 0.667. The third-order valence-corrected chi connectivity index (χ3v) is 6.31. The Morgan fingerprint density at radius 1 is 0.800 bits per heavy atom. The van der Waals surface area contributed by atoms with Crippen LogP contribution in [-0.4, -0.2) is 41.3 Å². The third-order valence-electron chi connectivity index (χ3n) is 4.07. The number of nitrogens with zero attached hydrogens (tertiary/aromatic N) is 4. The van der Waals surface area contributed by atoms with E-state index in [1.807, 2.05) is 12.1 Å². The molecule has 0 saturated carbocycles. The Bertz CT molecular complexity index is 770. The highest BCUT2D eigenvalue weighted by molar-refractivity contribution is 7.79. The van der Waals surface area contributed by atoms with E-state index in [2.05, 4.69) is 63.4 Å². The monoisotopic (exact) mass is 350 g/mol. The molecule has 1 aliphatic heterocycles. The van der Waals surface area contributed by atoms with Crippen LogP contribution in [0.4, 0.5) is 5.95 Å². The molecule has 0 amide bonds. The van der Waals surface area contributed by atoms with E-state index in [1.165, 1.54) is 10.6 Å². The van der Waals surface area contributed by atoms with E-state index in [-0.39, 0.29) is 0 Å². The zero-order valence-corrected chi connectivity index (χ0v) is 14.7. The molecule has 1 aliphatic rings. The summed E-state index contributed by atoms with van der Waals surface area (Å²) in [5, 5.41) is 2.48. The van der Waals surface area contributed by atoms with E-state index >= 15 is 0 Å². The molecule has 2 aromatic carbocycles. The van der Waals surface area contributed by atoms with E-state index in [1.54, 1.807) is 6.33 Å². The standard InChI is InChI=1S/C19H19N4OP/c1-3-7-16(8-4-1)25(17-9-5-2-6-10-17)19-21-15-20-18(22-19)23-11-13-24-14-12-23/h1-10,15H,11-14H2. The second-order valence-electron chi connectivity index (χ2n) is 5.69. The summed E-state index contributed by atoms with van der Waals surface area (Å²) in [5.74, 6) is 0.743. The van der Waals surface area contributed by atoms with Crippen molar-refractivity contribution in [2.24, 2.45) is 0 Å². The lowest BCUT2D eigenvalue weighted by Gasteiger charge is -2.27. The molecule has 1 fully saturated rings. The van der Waals surface area contributed by atoms with Gasteiger partial charge in [0.05, 0.1) is 13.2 Å². The highest BCUT2D eigenvalue weighted by Gasteiger charge is 2.21. The zero-order valence-electron chi connectivity index (χ0n) is 13.8. The minimum absolute atomic E-state index is 0.715. The SMILES string of the molecule is c1ccc(P(c2ccccc2)c2ncnc(N3CCOCC3)n2)cc1. The minimum Gasteiger partial charge on any atom is -0.378 e. The van der Waals surface area contributed by atoms with Crippen LogP contribution in [-0.2, 0) is 4.74 Å². The molecule has 1 aromatic heterocycles. The number of aromatic nitrogens is 3. The Balaban J connectivity index is 1.75. The number of morpholine rings is 1. The fourth-order valence-corrected chi connectivity index (χ4v) is 4.89. The van der Waals surface area contributed by atoms with Crippen molar-refractivity contribution in [2.45, 2.75) is 0 Å². The highest BCUT2D eigenvalue weighted by atomic mass is 31.1. The third kappa shape index (κ3) is 3.68. The molecular weight excluding hydrogens is 331 g/mol. The number of hydrogen-bond acceptors (Lipinski definition) is 5. The topological polar surface area (TPSA) is 51.1 Å². The van der Waals surface area contributed by atoms with Crippen molar-refractivity contribution in [3.8, 4) is 0 Å². The Kier molecular flexibility index (Phi) is 4.96. The first-order valence-electron chi connectivity index (χ1n) is 8.34. The molecule has 0 radical (unpaired) electrons. The van der Waals surface area contributed by atoms with Gasteiger partial charge in [-0.3, -0.25) is 0 Å². The van der Waals surface area contributed by atoms with Gasteiger partial charge in [-0.1, -0.05) is 60.7 Å². The summed E-state index contributed by atoms with van der Waals surface area (Å²) in [6.45, 7) is 3.07. The van der Waals surface area contributed by atoms with Crippen LogP contribution in [0.2, 0.25) is 0 Å². The first-order valence-corrected chi connectivity index (χ1v) is 9.68. The summed E-state index contributed by atoms with van der Waals surface area (Å²) in [5.41, 5.74) is 0.837. The molecule has 2 heterocycles. The number of anilines is 1. The normalized spacial score (nSPS) is 14.7. The van der Waals surface area contributed by atoms with Gasteiger partial charge in [0.1, 0.15) is 6.33 Å². The van der Waals surface area contributed by atoms with E-state index in [9.17, 15) is 0 Å². The van der Waals surface area contributed by atoms with E-state index in [0.29, 0.717) is 13.2 Å². The van der Waals surface area contributed by atoms with Gasteiger partial charge in [-0.15, -0.1) is 0 Å². The van der Waals surface area contributed by atoms with Crippen molar-refractivity contribution in [3.05, 3.63) is 67.0 Å². The summed E-state index contributed by atoms with van der Waals surface area (Å²) >= 11 is 0. The van der Waals surface area contributed by atoms with Gasteiger partial charge in [-0.05, 0) is 10.6 Å². The molecule has 0 bridgehead atoms. The first-order chi connectivity index (χ1) is 12.4. The average Bonchev–Trinajstić information content (AvgIpc) is 2.71. The van der Waals surface area contributed by atoms with Gasteiger partial charge in [-0.2, -0.15) is 4.98 Å². The van der Waals surface area contributed by atoms with Gasteiger partial charge in [-0.25, -0.2) is 9.97 Å². The van der Waals surface area contributed by atoms with Crippen LogP contribution < -0.4 is 21.1 Å². The molecule has 1 saturated heterocycles. The fraction of sp³-hybridized carbons (Fsp3) is 0.211. The predicted molar refractivity (Wildman–Crippen MR) is 102 cm³/mol. The van der Waals surface area contributed by atoms with Crippen LogP contribution in [0.5, 0.6) is 0 Å². The molecule has 0 unspecified atom stereocenters. The van der Waals surface area contributed by atoms with Crippen LogP contribution in [0, 0.1) is 0 Å². The highest BCUT2D eigenvalue weighted by Crippen LogP contribution is 2.31. The summed E-state index contributed by atoms with van der Waals surface area (Å²) < 4.78 is 5.43. The summed E-state index contributed by atoms with van der Waals surface area (Å²) in [4.78, 5) is 15.9. The van der Waals surface area contributed by atoms with Gasteiger partial charge in [0.25, 0.3) is 0 Å². The molecule has 126 valence electrons.